The summed E-state index contributed by atoms with van der Waals surface area (Å²) in [5.74, 6) is 0.398. The molecule has 0 spiro atoms. The summed E-state index contributed by atoms with van der Waals surface area (Å²) in [4.78, 5) is 12.2. The van der Waals surface area contributed by atoms with E-state index in [2.05, 4.69) is 10.1 Å². The van der Waals surface area contributed by atoms with Crippen molar-refractivity contribution in [2.75, 3.05) is 5.32 Å². The minimum atomic E-state index is -4.67. The third kappa shape index (κ3) is 6.16. The topological polar surface area (TPSA) is 38.3 Å². The van der Waals surface area contributed by atoms with Crippen molar-refractivity contribution < 1.29 is 22.7 Å². The molecule has 0 unspecified atom stereocenters. The zero-order valence-corrected chi connectivity index (χ0v) is 15.9. The van der Waals surface area contributed by atoms with Gasteiger partial charge in [-0.3, -0.25) is 4.79 Å². The Morgan fingerprint density at radius 1 is 1.00 bits per heavy atom. The van der Waals surface area contributed by atoms with Gasteiger partial charge in [0.15, 0.2) is 0 Å². The van der Waals surface area contributed by atoms with Crippen molar-refractivity contribution in [2.45, 2.75) is 44.4 Å². The SMILES string of the molecule is O=C(CC1CCC(c2ccc(OC(F)(F)F)cc2)CC1)Nc1ccc(Cl)cc1. The first kappa shape index (κ1) is 20.5. The summed E-state index contributed by atoms with van der Waals surface area (Å²) in [5.41, 5.74) is 1.74. The Bertz CT molecular complexity index is 783. The van der Waals surface area contributed by atoms with E-state index >= 15 is 0 Å². The quantitative estimate of drug-likeness (QED) is 0.606. The molecule has 1 saturated carbocycles. The van der Waals surface area contributed by atoms with Gasteiger partial charge in [-0.1, -0.05) is 23.7 Å². The molecule has 1 aliphatic carbocycles. The van der Waals surface area contributed by atoms with Crippen LogP contribution >= 0.6 is 11.6 Å². The number of anilines is 1. The van der Waals surface area contributed by atoms with Crippen molar-refractivity contribution in [2.24, 2.45) is 5.92 Å². The minimum absolute atomic E-state index is 0.0144. The normalized spacial score (nSPS) is 19.9. The van der Waals surface area contributed by atoms with Crippen molar-refractivity contribution in [3.63, 3.8) is 0 Å². The molecule has 7 heteroatoms. The number of carbonyl (C=O) groups excluding carboxylic acids is 1. The number of nitrogens with one attached hydrogen (secondary N) is 1. The maximum Gasteiger partial charge on any atom is 0.573 e. The summed E-state index contributed by atoms with van der Waals surface area (Å²) in [6.07, 6.45) is -0.546. The zero-order chi connectivity index (χ0) is 20.1. The lowest BCUT2D eigenvalue weighted by atomic mass is 9.77. The molecule has 0 radical (unpaired) electrons. The molecule has 0 aromatic heterocycles. The average Bonchev–Trinajstić information content (AvgIpc) is 2.64. The molecule has 1 aliphatic rings. The number of hydrogen-bond donors (Lipinski definition) is 1. The van der Waals surface area contributed by atoms with Crippen molar-refractivity contribution in [1.82, 2.24) is 0 Å². The number of hydrogen-bond acceptors (Lipinski definition) is 2. The van der Waals surface area contributed by atoms with Crippen LogP contribution in [0.4, 0.5) is 18.9 Å². The van der Waals surface area contributed by atoms with Crippen molar-refractivity contribution >= 4 is 23.2 Å². The Kier molecular flexibility index (Phi) is 6.50. The molecular formula is C21H21ClF3NO2. The molecule has 2 aromatic carbocycles. The van der Waals surface area contributed by atoms with Gasteiger partial charge in [0, 0.05) is 17.1 Å². The van der Waals surface area contributed by atoms with Crippen LogP contribution in [0, 0.1) is 5.92 Å². The van der Waals surface area contributed by atoms with Gasteiger partial charge in [-0.25, -0.2) is 0 Å². The Balaban J connectivity index is 1.46. The molecule has 28 heavy (non-hydrogen) atoms. The van der Waals surface area contributed by atoms with E-state index in [0.717, 1.165) is 36.9 Å². The van der Waals surface area contributed by atoms with E-state index in [1.807, 2.05) is 0 Å². The second-order valence-corrected chi connectivity index (χ2v) is 7.53. The lowest BCUT2D eigenvalue weighted by Crippen LogP contribution is -2.20. The van der Waals surface area contributed by atoms with E-state index in [1.165, 1.54) is 12.1 Å². The Hall–Kier alpha value is -2.21. The van der Waals surface area contributed by atoms with Gasteiger partial charge in [-0.05, 0) is 79.5 Å². The van der Waals surface area contributed by atoms with E-state index in [-0.39, 0.29) is 11.7 Å². The minimum Gasteiger partial charge on any atom is -0.406 e. The van der Waals surface area contributed by atoms with Crippen LogP contribution in [-0.2, 0) is 4.79 Å². The van der Waals surface area contributed by atoms with Crippen LogP contribution in [-0.4, -0.2) is 12.3 Å². The molecular weight excluding hydrogens is 391 g/mol. The third-order valence-electron chi connectivity index (χ3n) is 5.03. The molecule has 3 rings (SSSR count). The lowest BCUT2D eigenvalue weighted by molar-refractivity contribution is -0.274. The van der Waals surface area contributed by atoms with Crippen LogP contribution in [0.25, 0.3) is 0 Å². The van der Waals surface area contributed by atoms with Crippen molar-refractivity contribution in [1.29, 1.82) is 0 Å². The summed E-state index contributed by atoms with van der Waals surface area (Å²) in [6, 6.07) is 13.1. The van der Waals surface area contributed by atoms with Gasteiger partial charge in [-0.15, -0.1) is 13.2 Å². The number of ether oxygens (including phenoxy) is 1. The van der Waals surface area contributed by atoms with Gasteiger partial charge in [0.1, 0.15) is 5.75 Å². The van der Waals surface area contributed by atoms with Crippen LogP contribution in [0.1, 0.15) is 43.6 Å². The summed E-state index contributed by atoms with van der Waals surface area (Å²) in [5, 5.41) is 3.50. The number of halogens is 4. The fourth-order valence-electron chi connectivity index (χ4n) is 3.65. The second kappa shape index (κ2) is 8.86. The van der Waals surface area contributed by atoms with Gasteiger partial charge in [0.05, 0.1) is 0 Å². The van der Waals surface area contributed by atoms with E-state index in [9.17, 15) is 18.0 Å². The highest BCUT2D eigenvalue weighted by molar-refractivity contribution is 6.30. The van der Waals surface area contributed by atoms with Crippen LogP contribution in [0.3, 0.4) is 0 Å². The Morgan fingerprint density at radius 2 is 1.61 bits per heavy atom. The summed E-state index contributed by atoms with van der Waals surface area (Å²) >= 11 is 5.84. The Labute approximate surface area is 166 Å². The van der Waals surface area contributed by atoms with Gasteiger partial charge in [-0.2, -0.15) is 0 Å². The van der Waals surface area contributed by atoms with Gasteiger partial charge < -0.3 is 10.1 Å². The molecule has 0 atom stereocenters. The first-order valence-electron chi connectivity index (χ1n) is 9.19. The summed E-state index contributed by atoms with van der Waals surface area (Å²) in [6.45, 7) is 0. The van der Waals surface area contributed by atoms with Crippen molar-refractivity contribution in [3.05, 3.63) is 59.1 Å². The zero-order valence-electron chi connectivity index (χ0n) is 15.1. The lowest BCUT2D eigenvalue weighted by Gasteiger charge is -2.28. The van der Waals surface area contributed by atoms with E-state index < -0.39 is 6.36 Å². The van der Waals surface area contributed by atoms with E-state index in [0.29, 0.717) is 23.3 Å². The van der Waals surface area contributed by atoms with Crippen LogP contribution in [0.5, 0.6) is 5.75 Å². The number of carbonyl (C=O) groups is 1. The molecule has 1 fully saturated rings. The summed E-state index contributed by atoms with van der Waals surface area (Å²) < 4.78 is 40.6. The van der Waals surface area contributed by atoms with Gasteiger partial charge in [0.25, 0.3) is 0 Å². The summed E-state index contributed by atoms with van der Waals surface area (Å²) in [7, 11) is 0. The molecule has 3 nitrogen and oxygen atoms in total. The number of alkyl halides is 3. The fraction of sp³-hybridized carbons (Fsp3) is 0.381. The molecule has 0 saturated heterocycles. The molecule has 1 amide bonds. The Morgan fingerprint density at radius 3 is 2.18 bits per heavy atom. The van der Waals surface area contributed by atoms with E-state index in [4.69, 9.17) is 11.6 Å². The fourth-order valence-corrected chi connectivity index (χ4v) is 3.77. The van der Waals surface area contributed by atoms with Gasteiger partial charge in [0.2, 0.25) is 5.91 Å². The van der Waals surface area contributed by atoms with Crippen LogP contribution in [0.2, 0.25) is 5.02 Å². The molecule has 1 N–H and O–H groups in total. The highest BCUT2D eigenvalue weighted by atomic mass is 35.5. The van der Waals surface area contributed by atoms with Crippen LogP contribution in [0.15, 0.2) is 48.5 Å². The second-order valence-electron chi connectivity index (χ2n) is 7.09. The highest BCUT2D eigenvalue weighted by Gasteiger charge is 2.31. The van der Waals surface area contributed by atoms with Crippen LogP contribution < -0.4 is 10.1 Å². The molecule has 2 aromatic rings. The average molecular weight is 412 g/mol. The number of amides is 1. The van der Waals surface area contributed by atoms with Gasteiger partial charge >= 0.3 is 6.36 Å². The molecule has 150 valence electrons. The maximum absolute atomic E-state index is 12.2. The first-order chi connectivity index (χ1) is 13.3. The predicted molar refractivity (Wildman–Crippen MR) is 103 cm³/mol. The number of rotatable bonds is 5. The predicted octanol–water partition coefficient (Wildman–Crippen LogP) is 6.54. The number of benzene rings is 2. The van der Waals surface area contributed by atoms with E-state index in [1.54, 1.807) is 36.4 Å². The standard InChI is InChI=1S/C21H21ClF3NO2/c22-17-7-9-18(10-8-17)26-20(27)13-14-1-3-15(4-2-14)16-5-11-19(12-6-16)28-21(23,24)25/h5-12,14-15H,1-4,13H2,(H,26,27). The highest BCUT2D eigenvalue weighted by Crippen LogP contribution is 2.38. The largest absolute Gasteiger partial charge is 0.573 e. The molecule has 0 bridgehead atoms. The molecule has 0 aliphatic heterocycles. The third-order valence-corrected chi connectivity index (χ3v) is 5.29. The maximum atomic E-state index is 12.2. The molecule has 0 heterocycles. The first-order valence-corrected chi connectivity index (χ1v) is 9.57. The smallest absolute Gasteiger partial charge is 0.406 e. The monoisotopic (exact) mass is 411 g/mol. The van der Waals surface area contributed by atoms with Crippen molar-refractivity contribution in [3.8, 4) is 5.75 Å².